The third-order valence-electron chi connectivity index (χ3n) is 2.23. The first-order valence-corrected chi connectivity index (χ1v) is 5.09. The van der Waals surface area contributed by atoms with Crippen molar-refractivity contribution in [1.29, 1.82) is 0 Å². The van der Waals surface area contributed by atoms with Crippen LogP contribution in [0.2, 0.25) is 0 Å². The highest BCUT2D eigenvalue weighted by molar-refractivity contribution is 5.69. The first-order chi connectivity index (χ1) is 8.15. The number of carbonyl (C=O) groups is 1. The van der Waals surface area contributed by atoms with Crippen molar-refractivity contribution in [2.24, 2.45) is 7.05 Å². The van der Waals surface area contributed by atoms with Crippen LogP contribution in [0.15, 0.2) is 36.7 Å². The van der Waals surface area contributed by atoms with E-state index in [4.69, 9.17) is 9.84 Å². The molecule has 0 spiro atoms. The maximum Gasteiger partial charge on any atom is 0.341 e. The minimum absolute atomic E-state index is 0.337. The van der Waals surface area contributed by atoms with Gasteiger partial charge >= 0.3 is 5.97 Å². The molecule has 1 aromatic carbocycles. The molecule has 0 unspecified atom stereocenters. The molecule has 1 N–H and O–H groups in total. The Kier molecular flexibility index (Phi) is 3.09. The second kappa shape index (κ2) is 4.69. The Hall–Kier alpha value is -2.30. The lowest BCUT2D eigenvalue weighted by Gasteiger charge is -2.04. The van der Waals surface area contributed by atoms with Crippen molar-refractivity contribution in [3.63, 3.8) is 0 Å². The number of carboxylic acid groups (broad SMARTS) is 1. The Balaban J connectivity index is 2.19. The highest BCUT2D eigenvalue weighted by Crippen LogP contribution is 2.23. The monoisotopic (exact) mass is 232 g/mol. The molecule has 0 amide bonds. The van der Waals surface area contributed by atoms with Gasteiger partial charge in [0, 0.05) is 18.8 Å². The summed E-state index contributed by atoms with van der Waals surface area (Å²) in [5, 5.41) is 12.6. The van der Waals surface area contributed by atoms with E-state index in [1.807, 2.05) is 25.4 Å². The van der Waals surface area contributed by atoms with Crippen LogP contribution in [0.25, 0.3) is 11.1 Å². The number of carboxylic acids is 1. The van der Waals surface area contributed by atoms with Crippen LogP contribution in [0, 0.1) is 0 Å². The molecule has 5 nitrogen and oxygen atoms in total. The van der Waals surface area contributed by atoms with Crippen LogP contribution in [0.5, 0.6) is 5.75 Å². The first-order valence-electron chi connectivity index (χ1n) is 5.09. The predicted octanol–water partition coefficient (Wildman–Crippen LogP) is 1.55. The molecule has 0 atom stereocenters. The maximum absolute atomic E-state index is 10.4. The largest absolute Gasteiger partial charge is 0.482 e. The number of benzene rings is 1. The van der Waals surface area contributed by atoms with Crippen molar-refractivity contribution in [2.45, 2.75) is 0 Å². The van der Waals surface area contributed by atoms with Crippen molar-refractivity contribution in [3.05, 3.63) is 36.7 Å². The highest BCUT2D eigenvalue weighted by Gasteiger charge is 2.03. The summed E-state index contributed by atoms with van der Waals surface area (Å²) in [6.07, 6.45) is 3.63. The van der Waals surface area contributed by atoms with Gasteiger partial charge in [-0.2, -0.15) is 5.10 Å². The molecule has 0 fully saturated rings. The van der Waals surface area contributed by atoms with E-state index in [9.17, 15) is 4.79 Å². The van der Waals surface area contributed by atoms with Gasteiger partial charge < -0.3 is 9.84 Å². The second-order valence-corrected chi connectivity index (χ2v) is 3.61. The summed E-state index contributed by atoms with van der Waals surface area (Å²) in [7, 11) is 1.84. The molecule has 0 aliphatic heterocycles. The highest BCUT2D eigenvalue weighted by atomic mass is 16.5. The number of aliphatic carboxylic acids is 1. The van der Waals surface area contributed by atoms with Gasteiger partial charge in [-0.3, -0.25) is 4.68 Å². The fourth-order valence-electron chi connectivity index (χ4n) is 1.48. The van der Waals surface area contributed by atoms with Gasteiger partial charge in [0.2, 0.25) is 0 Å². The third-order valence-corrected chi connectivity index (χ3v) is 2.23. The summed E-state index contributed by atoms with van der Waals surface area (Å²) in [4.78, 5) is 10.4. The van der Waals surface area contributed by atoms with Gasteiger partial charge in [0.1, 0.15) is 5.75 Å². The van der Waals surface area contributed by atoms with Crippen LogP contribution < -0.4 is 4.74 Å². The lowest BCUT2D eigenvalue weighted by Crippen LogP contribution is -2.09. The Morgan fingerprint density at radius 2 is 2.29 bits per heavy atom. The van der Waals surface area contributed by atoms with Crippen LogP contribution in [-0.2, 0) is 11.8 Å². The van der Waals surface area contributed by atoms with Crippen molar-refractivity contribution < 1.29 is 14.6 Å². The maximum atomic E-state index is 10.4. The number of aromatic nitrogens is 2. The Morgan fingerprint density at radius 3 is 2.94 bits per heavy atom. The molecule has 0 radical (unpaired) electrons. The van der Waals surface area contributed by atoms with E-state index in [2.05, 4.69) is 5.10 Å². The van der Waals surface area contributed by atoms with Gasteiger partial charge in [0.05, 0.1) is 6.20 Å². The van der Waals surface area contributed by atoms with E-state index in [1.54, 1.807) is 23.0 Å². The Labute approximate surface area is 98.3 Å². The van der Waals surface area contributed by atoms with E-state index in [0.717, 1.165) is 11.1 Å². The van der Waals surface area contributed by atoms with E-state index in [1.165, 1.54) is 0 Å². The number of rotatable bonds is 4. The first kappa shape index (κ1) is 11.2. The zero-order chi connectivity index (χ0) is 12.3. The van der Waals surface area contributed by atoms with Gasteiger partial charge in [-0.25, -0.2) is 4.79 Å². The molecule has 17 heavy (non-hydrogen) atoms. The summed E-state index contributed by atoms with van der Waals surface area (Å²) >= 11 is 0. The topological polar surface area (TPSA) is 64.3 Å². The predicted molar refractivity (Wildman–Crippen MR) is 61.8 cm³/mol. The summed E-state index contributed by atoms with van der Waals surface area (Å²) in [6.45, 7) is -0.337. The van der Waals surface area contributed by atoms with Gasteiger partial charge in [-0.15, -0.1) is 0 Å². The van der Waals surface area contributed by atoms with Crippen LogP contribution in [0.4, 0.5) is 0 Å². The molecular formula is C12H12N2O3. The minimum Gasteiger partial charge on any atom is -0.482 e. The summed E-state index contributed by atoms with van der Waals surface area (Å²) in [5.74, 6) is -0.453. The smallest absolute Gasteiger partial charge is 0.341 e. The molecule has 0 saturated heterocycles. The van der Waals surface area contributed by atoms with Gasteiger partial charge in [0.25, 0.3) is 0 Å². The molecular weight excluding hydrogens is 220 g/mol. The number of hydrogen-bond acceptors (Lipinski definition) is 3. The second-order valence-electron chi connectivity index (χ2n) is 3.61. The molecule has 0 saturated carbocycles. The molecule has 0 aliphatic rings. The molecule has 5 heteroatoms. The fraction of sp³-hybridized carbons (Fsp3) is 0.167. The van der Waals surface area contributed by atoms with Crippen molar-refractivity contribution >= 4 is 5.97 Å². The van der Waals surface area contributed by atoms with Crippen molar-refractivity contribution in [2.75, 3.05) is 6.61 Å². The number of nitrogens with zero attached hydrogens (tertiary/aromatic N) is 2. The summed E-state index contributed by atoms with van der Waals surface area (Å²) in [6, 6.07) is 7.26. The lowest BCUT2D eigenvalue weighted by molar-refractivity contribution is -0.139. The van der Waals surface area contributed by atoms with Gasteiger partial charge in [-0.05, 0) is 17.7 Å². The van der Waals surface area contributed by atoms with Crippen LogP contribution in [0.3, 0.4) is 0 Å². The number of hydrogen-bond donors (Lipinski definition) is 1. The van der Waals surface area contributed by atoms with Gasteiger partial charge in [0.15, 0.2) is 6.61 Å². The van der Waals surface area contributed by atoms with E-state index < -0.39 is 5.97 Å². The molecule has 1 heterocycles. The van der Waals surface area contributed by atoms with E-state index in [-0.39, 0.29) is 6.61 Å². The Bertz CT molecular complexity index is 534. The molecule has 0 bridgehead atoms. The van der Waals surface area contributed by atoms with Crippen LogP contribution in [-0.4, -0.2) is 27.5 Å². The quantitative estimate of drug-likeness (QED) is 0.868. The molecule has 0 aliphatic carbocycles. The molecule has 88 valence electrons. The normalized spacial score (nSPS) is 10.2. The van der Waals surface area contributed by atoms with Crippen molar-refractivity contribution in [1.82, 2.24) is 9.78 Å². The van der Waals surface area contributed by atoms with E-state index in [0.29, 0.717) is 5.75 Å². The van der Waals surface area contributed by atoms with E-state index >= 15 is 0 Å². The van der Waals surface area contributed by atoms with Crippen molar-refractivity contribution in [3.8, 4) is 16.9 Å². The minimum atomic E-state index is -0.989. The third kappa shape index (κ3) is 2.84. The lowest BCUT2D eigenvalue weighted by atomic mass is 10.1. The zero-order valence-corrected chi connectivity index (χ0v) is 9.33. The SMILES string of the molecule is Cn1cc(-c2cccc(OCC(=O)O)c2)cn1. The molecule has 1 aromatic heterocycles. The Morgan fingerprint density at radius 1 is 1.47 bits per heavy atom. The van der Waals surface area contributed by atoms with Gasteiger partial charge in [-0.1, -0.05) is 12.1 Å². The fourth-order valence-corrected chi connectivity index (χ4v) is 1.48. The summed E-state index contributed by atoms with van der Waals surface area (Å²) in [5.41, 5.74) is 1.91. The standard InChI is InChI=1S/C12H12N2O3/c1-14-7-10(6-13-14)9-3-2-4-11(5-9)17-8-12(15)16/h2-7H,8H2,1H3,(H,15,16). The number of aryl methyl sites for hydroxylation is 1. The van der Waals surface area contributed by atoms with Crippen LogP contribution in [0.1, 0.15) is 0 Å². The molecule has 2 rings (SSSR count). The average molecular weight is 232 g/mol. The number of ether oxygens (including phenoxy) is 1. The van der Waals surface area contributed by atoms with Crippen LogP contribution >= 0.6 is 0 Å². The summed E-state index contributed by atoms with van der Waals surface area (Å²) < 4.78 is 6.82. The zero-order valence-electron chi connectivity index (χ0n) is 9.33. The molecule has 2 aromatic rings. The average Bonchev–Trinajstić information content (AvgIpc) is 2.74.